The fraction of sp³-hybridized carbons (Fsp3) is 0.375. The van der Waals surface area contributed by atoms with Crippen molar-refractivity contribution in [3.05, 3.63) is 57.3 Å². The molecule has 35 heavy (non-hydrogen) atoms. The number of hydrogen-bond acceptors (Lipinski definition) is 6. The Morgan fingerprint density at radius 3 is 2.43 bits per heavy atom. The number of benzene rings is 2. The van der Waals surface area contributed by atoms with Crippen LogP contribution >= 0.6 is 22.9 Å². The Kier molecular flexibility index (Phi) is 8.87. The van der Waals surface area contributed by atoms with Gasteiger partial charge >= 0.3 is 5.97 Å². The molecular formula is C24H28ClN3O5S2. The van der Waals surface area contributed by atoms with Crippen molar-refractivity contribution in [2.75, 3.05) is 20.2 Å². The van der Waals surface area contributed by atoms with Crippen LogP contribution in [0.25, 0.3) is 10.2 Å². The lowest BCUT2D eigenvalue weighted by atomic mass is 10.2. The van der Waals surface area contributed by atoms with Gasteiger partial charge in [0.05, 0.1) is 22.2 Å². The highest BCUT2D eigenvalue weighted by Gasteiger charge is 2.23. The Labute approximate surface area is 213 Å². The number of halogens is 1. The monoisotopic (exact) mass is 537 g/mol. The molecular weight excluding hydrogens is 510 g/mol. The molecule has 1 aromatic heterocycles. The standard InChI is InChI=1S/C24H28ClN3O5S2/c1-5-7-14-27(6-2)35(31,32)18-10-8-17(9-11-18)23(30)26-24-28(15-21(29)33-4)22-16(3)19(25)12-13-20(22)34-24/h8-13H,5-7,14-15H2,1-4H3. The minimum absolute atomic E-state index is 0.125. The second-order valence-electron chi connectivity index (χ2n) is 7.86. The molecule has 0 saturated carbocycles. The molecule has 0 radical (unpaired) electrons. The highest BCUT2D eigenvalue weighted by molar-refractivity contribution is 7.89. The van der Waals surface area contributed by atoms with Gasteiger partial charge in [-0.05, 0) is 55.3 Å². The summed E-state index contributed by atoms with van der Waals surface area (Å²) >= 11 is 7.53. The number of aryl methyl sites for hydroxylation is 1. The van der Waals surface area contributed by atoms with Crippen LogP contribution in [0.4, 0.5) is 0 Å². The van der Waals surface area contributed by atoms with E-state index in [0.29, 0.717) is 28.4 Å². The summed E-state index contributed by atoms with van der Waals surface area (Å²) in [6, 6.07) is 9.31. The fourth-order valence-corrected chi connectivity index (χ4v) is 6.32. The predicted octanol–water partition coefficient (Wildman–Crippen LogP) is 4.39. The van der Waals surface area contributed by atoms with Crippen LogP contribution in [0, 0.1) is 6.92 Å². The van der Waals surface area contributed by atoms with Crippen molar-refractivity contribution in [1.29, 1.82) is 0 Å². The Morgan fingerprint density at radius 1 is 1.14 bits per heavy atom. The van der Waals surface area contributed by atoms with Gasteiger partial charge in [-0.3, -0.25) is 9.59 Å². The SMILES string of the molecule is CCCCN(CC)S(=O)(=O)c1ccc(C(=O)N=c2sc3ccc(Cl)c(C)c3n2CC(=O)OC)cc1. The van der Waals surface area contributed by atoms with Crippen LogP contribution < -0.4 is 4.80 Å². The van der Waals surface area contributed by atoms with Gasteiger partial charge in [-0.25, -0.2) is 8.42 Å². The lowest BCUT2D eigenvalue weighted by Gasteiger charge is -2.20. The molecule has 0 aliphatic rings. The minimum Gasteiger partial charge on any atom is -0.468 e. The van der Waals surface area contributed by atoms with Crippen LogP contribution in [0.1, 0.15) is 42.6 Å². The number of fused-ring (bicyclic) bond motifs is 1. The number of ether oxygens (including phenoxy) is 1. The first kappa shape index (κ1) is 27.1. The number of esters is 1. The highest BCUT2D eigenvalue weighted by atomic mass is 35.5. The summed E-state index contributed by atoms with van der Waals surface area (Å²) in [6.07, 6.45) is 1.66. The first-order valence-corrected chi connectivity index (χ1v) is 13.8. The zero-order chi connectivity index (χ0) is 25.8. The van der Waals surface area contributed by atoms with Crippen LogP contribution in [-0.2, 0) is 26.1 Å². The number of methoxy groups -OCH3 is 1. The number of sulfonamides is 1. The average molecular weight is 538 g/mol. The smallest absolute Gasteiger partial charge is 0.325 e. The number of hydrogen-bond donors (Lipinski definition) is 0. The molecule has 0 unspecified atom stereocenters. The maximum absolute atomic E-state index is 13.0. The third kappa shape index (κ3) is 5.83. The topological polar surface area (TPSA) is 98.0 Å². The van der Waals surface area contributed by atoms with Crippen molar-refractivity contribution in [3.63, 3.8) is 0 Å². The summed E-state index contributed by atoms with van der Waals surface area (Å²) in [5.74, 6) is -1.04. The van der Waals surface area contributed by atoms with E-state index in [4.69, 9.17) is 16.3 Å². The quantitative estimate of drug-likeness (QED) is 0.377. The molecule has 0 aliphatic carbocycles. The summed E-state index contributed by atoms with van der Waals surface area (Å²) in [5.41, 5.74) is 1.70. The molecule has 1 amide bonds. The maximum Gasteiger partial charge on any atom is 0.325 e. The number of thiazole rings is 1. The van der Waals surface area contributed by atoms with Gasteiger partial charge in [0.2, 0.25) is 10.0 Å². The van der Waals surface area contributed by atoms with Crippen LogP contribution in [0.15, 0.2) is 46.3 Å². The van der Waals surface area contributed by atoms with Crippen molar-refractivity contribution >= 4 is 55.1 Å². The first-order chi connectivity index (χ1) is 16.6. The normalized spacial score (nSPS) is 12.5. The van der Waals surface area contributed by atoms with Crippen LogP contribution in [0.5, 0.6) is 0 Å². The van der Waals surface area contributed by atoms with Crippen molar-refractivity contribution < 1.29 is 22.7 Å². The molecule has 3 aromatic rings. The van der Waals surface area contributed by atoms with Crippen molar-refractivity contribution in [3.8, 4) is 0 Å². The molecule has 2 aromatic carbocycles. The average Bonchev–Trinajstić information content (AvgIpc) is 3.18. The number of nitrogens with zero attached hydrogens (tertiary/aromatic N) is 3. The molecule has 0 atom stereocenters. The zero-order valence-corrected chi connectivity index (χ0v) is 22.5. The summed E-state index contributed by atoms with van der Waals surface area (Å²) in [5, 5.41) is 0.531. The third-order valence-corrected chi connectivity index (χ3v) is 9.04. The van der Waals surface area contributed by atoms with Crippen LogP contribution in [0.2, 0.25) is 5.02 Å². The molecule has 3 rings (SSSR count). The number of rotatable bonds is 9. The first-order valence-electron chi connectivity index (χ1n) is 11.2. The highest BCUT2D eigenvalue weighted by Crippen LogP contribution is 2.27. The maximum atomic E-state index is 13.0. The van der Waals surface area contributed by atoms with E-state index < -0.39 is 21.9 Å². The molecule has 0 spiro atoms. The molecule has 1 heterocycles. The summed E-state index contributed by atoms with van der Waals surface area (Å²) in [4.78, 5) is 29.7. The van der Waals surface area contributed by atoms with E-state index in [-0.39, 0.29) is 17.0 Å². The Balaban J connectivity index is 2.00. The van der Waals surface area contributed by atoms with E-state index in [1.54, 1.807) is 17.6 Å². The van der Waals surface area contributed by atoms with E-state index >= 15 is 0 Å². The molecule has 0 N–H and O–H groups in total. The van der Waals surface area contributed by atoms with Crippen molar-refractivity contribution in [1.82, 2.24) is 8.87 Å². The summed E-state index contributed by atoms with van der Waals surface area (Å²) < 4.78 is 34.5. The molecule has 11 heteroatoms. The Hall–Kier alpha value is -2.53. The number of carbonyl (C=O) groups excluding carboxylic acids is 2. The molecule has 0 aliphatic heterocycles. The Morgan fingerprint density at radius 2 is 1.83 bits per heavy atom. The van der Waals surface area contributed by atoms with Crippen LogP contribution in [0.3, 0.4) is 0 Å². The van der Waals surface area contributed by atoms with E-state index in [9.17, 15) is 18.0 Å². The third-order valence-electron chi connectivity index (χ3n) is 5.59. The van der Waals surface area contributed by atoms with E-state index in [0.717, 1.165) is 23.1 Å². The van der Waals surface area contributed by atoms with Gasteiger partial charge in [0.1, 0.15) is 6.54 Å². The summed E-state index contributed by atoms with van der Waals surface area (Å²) in [6.45, 7) is 6.32. The van der Waals surface area contributed by atoms with E-state index in [1.807, 2.05) is 19.9 Å². The molecule has 188 valence electrons. The lowest BCUT2D eigenvalue weighted by Crippen LogP contribution is -2.31. The second-order valence-corrected chi connectivity index (χ2v) is 11.2. The Bertz CT molecular complexity index is 1410. The summed E-state index contributed by atoms with van der Waals surface area (Å²) in [7, 11) is -2.36. The second kappa shape index (κ2) is 11.5. The number of aromatic nitrogens is 1. The van der Waals surface area contributed by atoms with Gasteiger partial charge in [0, 0.05) is 23.7 Å². The predicted molar refractivity (Wildman–Crippen MR) is 137 cm³/mol. The molecule has 0 saturated heterocycles. The van der Waals surface area contributed by atoms with Crippen molar-refractivity contribution in [2.24, 2.45) is 4.99 Å². The van der Waals surface area contributed by atoms with E-state index in [2.05, 4.69) is 4.99 Å². The van der Waals surface area contributed by atoms with Gasteiger partial charge in [-0.2, -0.15) is 9.30 Å². The van der Waals surface area contributed by atoms with Gasteiger partial charge in [0.25, 0.3) is 5.91 Å². The minimum atomic E-state index is -3.65. The van der Waals surface area contributed by atoms with E-state index in [1.165, 1.54) is 47.0 Å². The van der Waals surface area contributed by atoms with Gasteiger partial charge in [-0.15, -0.1) is 0 Å². The number of amides is 1. The molecule has 0 bridgehead atoms. The molecule has 8 nitrogen and oxygen atoms in total. The van der Waals surface area contributed by atoms with Gasteiger partial charge < -0.3 is 9.30 Å². The largest absolute Gasteiger partial charge is 0.468 e. The van der Waals surface area contributed by atoms with Crippen molar-refractivity contribution in [2.45, 2.75) is 45.1 Å². The van der Waals surface area contributed by atoms with Crippen LogP contribution in [-0.4, -0.2) is 49.4 Å². The van der Waals surface area contributed by atoms with Gasteiger partial charge in [-0.1, -0.05) is 43.2 Å². The lowest BCUT2D eigenvalue weighted by molar-refractivity contribution is -0.141. The van der Waals surface area contributed by atoms with Gasteiger partial charge in [0.15, 0.2) is 4.80 Å². The molecule has 0 fully saturated rings. The fourth-order valence-electron chi connectivity index (χ4n) is 3.59. The number of carbonyl (C=O) groups is 2. The number of unbranched alkanes of at least 4 members (excludes halogenated alkanes) is 1. The zero-order valence-electron chi connectivity index (χ0n) is 20.1.